The number of hydrogen-bond donors (Lipinski definition) is 0. The monoisotopic (exact) mass is 373 g/mol. The van der Waals surface area contributed by atoms with Crippen molar-refractivity contribution in [3.05, 3.63) is 115 Å². The molecule has 0 radical (unpaired) electrons. The van der Waals surface area contributed by atoms with E-state index in [1.54, 1.807) is 6.26 Å². The molecule has 0 amide bonds. The Labute approximate surface area is 170 Å². The molecule has 1 aromatic heterocycles. The molecule has 138 valence electrons. The SMILES string of the molecule is c1ccc(-c2ccc(-c3coc(-c4ccccc4-c4ccccc4)n3)cc2)cc1. The lowest BCUT2D eigenvalue weighted by atomic mass is 10.00. The summed E-state index contributed by atoms with van der Waals surface area (Å²) in [6.45, 7) is 0. The number of nitrogens with zero attached hydrogens (tertiary/aromatic N) is 1. The molecular weight excluding hydrogens is 354 g/mol. The van der Waals surface area contributed by atoms with Gasteiger partial charge < -0.3 is 4.42 Å². The first-order chi connectivity index (χ1) is 14.4. The molecule has 2 heteroatoms. The average molecular weight is 373 g/mol. The zero-order valence-electron chi connectivity index (χ0n) is 15.8. The molecule has 0 N–H and O–H groups in total. The zero-order chi connectivity index (χ0) is 19.5. The largest absolute Gasteiger partial charge is 0.444 e. The Balaban J connectivity index is 1.48. The highest BCUT2D eigenvalue weighted by Crippen LogP contribution is 2.33. The van der Waals surface area contributed by atoms with Crippen LogP contribution in [0.3, 0.4) is 0 Å². The number of hydrogen-bond acceptors (Lipinski definition) is 2. The Hall–Kier alpha value is -3.91. The Morgan fingerprint density at radius 1 is 0.448 bits per heavy atom. The maximum atomic E-state index is 5.87. The summed E-state index contributed by atoms with van der Waals surface area (Å²) in [4.78, 5) is 4.77. The van der Waals surface area contributed by atoms with E-state index in [2.05, 4.69) is 72.8 Å². The predicted octanol–water partition coefficient (Wildman–Crippen LogP) is 7.34. The third-order valence-corrected chi connectivity index (χ3v) is 5.03. The van der Waals surface area contributed by atoms with Crippen molar-refractivity contribution in [1.82, 2.24) is 4.98 Å². The quantitative estimate of drug-likeness (QED) is 0.329. The van der Waals surface area contributed by atoms with Gasteiger partial charge in [-0.25, -0.2) is 4.98 Å². The molecule has 0 aliphatic heterocycles. The average Bonchev–Trinajstić information content (AvgIpc) is 3.31. The van der Waals surface area contributed by atoms with Gasteiger partial charge in [0.15, 0.2) is 0 Å². The van der Waals surface area contributed by atoms with Gasteiger partial charge in [0.25, 0.3) is 0 Å². The van der Waals surface area contributed by atoms with E-state index in [0.717, 1.165) is 27.9 Å². The van der Waals surface area contributed by atoms with Crippen LogP contribution in [0, 0.1) is 0 Å². The van der Waals surface area contributed by atoms with Crippen molar-refractivity contribution in [3.8, 4) is 45.0 Å². The molecule has 0 fully saturated rings. The van der Waals surface area contributed by atoms with E-state index in [9.17, 15) is 0 Å². The van der Waals surface area contributed by atoms with E-state index >= 15 is 0 Å². The van der Waals surface area contributed by atoms with Crippen LogP contribution in [0.15, 0.2) is 120 Å². The fourth-order valence-electron chi connectivity index (χ4n) is 3.53. The normalized spacial score (nSPS) is 10.8. The highest BCUT2D eigenvalue weighted by Gasteiger charge is 2.13. The summed E-state index contributed by atoms with van der Waals surface area (Å²) in [5, 5.41) is 0. The van der Waals surface area contributed by atoms with Gasteiger partial charge >= 0.3 is 0 Å². The topological polar surface area (TPSA) is 26.0 Å². The molecule has 0 saturated carbocycles. The first-order valence-electron chi connectivity index (χ1n) is 9.65. The summed E-state index contributed by atoms with van der Waals surface area (Å²) in [5.74, 6) is 0.631. The first-order valence-corrected chi connectivity index (χ1v) is 9.65. The van der Waals surface area contributed by atoms with Crippen LogP contribution in [0.1, 0.15) is 0 Å². The highest BCUT2D eigenvalue weighted by atomic mass is 16.3. The van der Waals surface area contributed by atoms with Gasteiger partial charge in [0.1, 0.15) is 12.0 Å². The van der Waals surface area contributed by atoms with Crippen LogP contribution in [0.25, 0.3) is 45.0 Å². The lowest BCUT2D eigenvalue weighted by Crippen LogP contribution is -1.85. The van der Waals surface area contributed by atoms with Gasteiger partial charge in [-0.3, -0.25) is 0 Å². The number of rotatable bonds is 4. The molecular formula is C27H19NO. The fourth-order valence-corrected chi connectivity index (χ4v) is 3.53. The minimum absolute atomic E-state index is 0.631. The molecule has 0 unspecified atom stereocenters. The summed E-state index contributed by atoms with van der Waals surface area (Å²) in [6.07, 6.45) is 1.73. The summed E-state index contributed by atoms with van der Waals surface area (Å²) >= 11 is 0. The highest BCUT2D eigenvalue weighted by molar-refractivity contribution is 5.80. The molecule has 4 aromatic carbocycles. The molecule has 0 saturated heterocycles. The van der Waals surface area contributed by atoms with Crippen molar-refractivity contribution in [3.63, 3.8) is 0 Å². The van der Waals surface area contributed by atoms with Crippen LogP contribution in [-0.4, -0.2) is 4.98 Å². The Morgan fingerprint density at radius 2 is 0.966 bits per heavy atom. The van der Waals surface area contributed by atoms with Crippen LogP contribution in [-0.2, 0) is 0 Å². The predicted molar refractivity (Wildman–Crippen MR) is 118 cm³/mol. The maximum Gasteiger partial charge on any atom is 0.227 e. The Morgan fingerprint density at radius 3 is 1.66 bits per heavy atom. The van der Waals surface area contributed by atoms with Crippen LogP contribution >= 0.6 is 0 Å². The second kappa shape index (κ2) is 7.61. The summed E-state index contributed by atoms with van der Waals surface area (Å²) in [5.41, 5.74) is 7.52. The van der Waals surface area contributed by atoms with Gasteiger partial charge in [0.2, 0.25) is 5.89 Å². The van der Waals surface area contributed by atoms with Gasteiger partial charge in [0, 0.05) is 11.1 Å². The fraction of sp³-hybridized carbons (Fsp3) is 0. The molecule has 5 rings (SSSR count). The van der Waals surface area contributed by atoms with E-state index in [1.807, 2.05) is 36.4 Å². The van der Waals surface area contributed by atoms with Gasteiger partial charge in [0.05, 0.1) is 0 Å². The maximum absolute atomic E-state index is 5.87. The van der Waals surface area contributed by atoms with Gasteiger partial charge in [-0.1, -0.05) is 103 Å². The van der Waals surface area contributed by atoms with E-state index in [4.69, 9.17) is 9.40 Å². The Kier molecular flexibility index (Phi) is 4.51. The van der Waals surface area contributed by atoms with E-state index in [1.165, 1.54) is 11.1 Å². The molecule has 0 aliphatic rings. The Bertz CT molecular complexity index is 1220. The van der Waals surface area contributed by atoms with Gasteiger partial charge in [-0.2, -0.15) is 0 Å². The second-order valence-electron chi connectivity index (χ2n) is 6.89. The van der Waals surface area contributed by atoms with Crippen LogP contribution in [0.2, 0.25) is 0 Å². The molecule has 2 nitrogen and oxygen atoms in total. The second-order valence-corrected chi connectivity index (χ2v) is 6.89. The lowest BCUT2D eigenvalue weighted by molar-refractivity contribution is 0.575. The van der Waals surface area contributed by atoms with Crippen molar-refractivity contribution >= 4 is 0 Å². The minimum atomic E-state index is 0.631. The van der Waals surface area contributed by atoms with Crippen LogP contribution in [0.5, 0.6) is 0 Å². The van der Waals surface area contributed by atoms with Gasteiger partial charge in [-0.15, -0.1) is 0 Å². The van der Waals surface area contributed by atoms with Crippen molar-refractivity contribution in [1.29, 1.82) is 0 Å². The van der Waals surface area contributed by atoms with Crippen molar-refractivity contribution < 1.29 is 4.42 Å². The van der Waals surface area contributed by atoms with Gasteiger partial charge in [-0.05, 0) is 28.3 Å². The number of aromatic nitrogens is 1. The zero-order valence-corrected chi connectivity index (χ0v) is 15.8. The van der Waals surface area contributed by atoms with Crippen molar-refractivity contribution in [2.75, 3.05) is 0 Å². The molecule has 0 aliphatic carbocycles. The summed E-state index contributed by atoms with van der Waals surface area (Å²) in [7, 11) is 0. The van der Waals surface area contributed by atoms with Crippen molar-refractivity contribution in [2.45, 2.75) is 0 Å². The van der Waals surface area contributed by atoms with E-state index < -0.39 is 0 Å². The lowest BCUT2D eigenvalue weighted by Gasteiger charge is -2.06. The van der Waals surface area contributed by atoms with Crippen LogP contribution < -0.4 is 0 Å². The number of oxazole rings is 1. The van der Waals surface area contributed by atoms with E-state index in [-0.39, 0.29) is 0 Å². The third kappa shape index (κ3) is 3.48. The molecule has 1 heterocycles. The standard InChI is InChI=1S/C27H19NO/c1-3-9-20(10-4-1)21-15-17-23(18-16-21)26-19-29-27(28-26)25-14-8-7-13-24(25)22-11-5-2-6-12-22/h1-19H. The smallest absolute Gasteiger partial charge is 0.227 e. The third-order valence-electron chi connectivity index (χ3n) is 5.03. The van der Waals surface area contributed by atoms with E-state index in [0.29, 0.717) is 5.89 Å². The molecule has 0 bridgehead atoms. The number of benzene rings is 4. The first kappa shape index (κ1) is 17.2. The summed E-state index contributed by atoms with van der Waals surface area (Å²) in [6, 6.07) is 37.3. The van der Waals surface area contributed by atoms with Crippen molar-refractivity contribution in [2.24, 2.45) is 0 Å². The molecule has 5 aromatic rings. The van der Waals surface area contributed by atoms with Crippen LogP contribution in [0.4, 0.5) is 0 Å². The molecule has 0 atom stereocenters. The minimum Gasteiger partial charge on any atom is -0.444 e. The molecule has 29 heavy (non-hydrogen) atoms. The summed E-state index contributed by atoms with van der Waals surface area (Å²) < 4.78 is 5.87. The molecule has 0 spiro atoms.